The number of hydrogen-bond donors (Lipinski definition) is 2. The summed E-state index contributed by atoms with van der Waals surface area (Å²) in [5, 5.41) is 3.31. The third-order valence-electron chi connectivity index (χ3n) is 4.84. The van der Waals surface area contributed by atoms with Crippen molar-refractivity contribution >= 4 is 22.1 Å². The van der Waals surface area contributed by atoms with Crippen LogP contribution in [0.5, 0.6) is 0 Å². The lowest BCUT2D eigenvalue weighted by Crippen LogP contribution is -2.59. The second kappa shape index (κ2) is 6.42. The molecule has 0 bridgehead atoms. The summed E-state index contributed by atoms with van der Waals surface area (Å²) < 4.78 is 27.6. The first-order valence-electron chi connectivity index (χ1n) is 8.41. The van der Waals surface area contributed by atoms with Gasteiger partial charge in [-0.1, -0.05) is 4.21 Å². The minimum absolute atomic E-state index is 0.0818. The lowest BCUT2D eigenvalue weighted by atomic mass is 9.88. The standard InChI is InChI=1S/C17H19N5O3S/c23-16(13-4-8-18-9-5-13)22-10-2-6-17(12-22)11-20-26(24,25)14-3-1-7-19-15(14)21-17/h1,3-5,7-9H,2,6,10-12H2,(H2-,19,20,21,24,25). The van der Waals surface area contributed by atoms with Crippen LogP contribution in [0.15, 0.2) is 47.8 Å². The van der Waals surface area contributed by atoms with E-state index in [1.165, 1.54) is 6.07 Å². The molecule has 1 spiro atoms. The molecular formula is C17H19N5O3S. The van der Waals surface area contributed by atoms with Crippen LogP contribution in [0.25, 0.3) is 0 Å². The van der Waals surface area contributed by atoms with Crippen LogP contribution in [-0.4, -0.2) is 50.5 Å². The minimum Gasteiger partial charge on any atom is -0.593 e. The normalized spacial score (nSPS) is 28.1. The maximum Gasteiger partial charge on any atom is 0.254 e. The molecule has 2 atom stereocenters. The average Bonchev–Trinajstić information content (AvgIpc) is 2.77. The number of anilines is 1. The van der Waals surface area contributed by atoms with E-state index in [0.717, 1.165) is 12.8 Å². The van der Waals surface area contributed by atoms with Crippen LogP contribution in [0.3, 0.4) is 0 Å². The monoisotopic (exact) mass is 373 g/mol. The number of carbonyl (C=O) groups is 1. The predicted octanol–water partition coefficient (Wildman–Crippen LogP) is 1.07. The quantitative estimate of drug-likeness (QED) is 0.724. The zero-order valence-corrected chi connectivity index (χ0v) is 14.9. The molecule has 2 aromatic heterocycles. The van der Waals surface area contributed by atoms with Gasteiger partial charge in [0.1, 0.15) is 0 Å². The highest BCUT2D eigenvalue weighted by molar-refractivity contribution is 7.96. The molecule has 2 N–H and O–H groups in total. The molecule has 2 aliphatic heterocycles. The molecule has 2 aromatic rings. The summed E-state index contributed by atoms with van der Waals surface area (Å²) in [6, 6.07) is 6.49. The largest absolute Gasteiger partial charge is 0.593 e. The lowest BCUT2D eigenvalue weighted by molar-refractivity contribution is 0.0662. The number of nitrogens with zero attached hydrogens (tertiary/aromatic N) is 3. The second-order valence-corrected chi connectivity index (χ2v) is 8.38. The second-order valence-electron chi connectivity index (χ2n) is 6.65. The predicted molar refractivity (Wildman–Crippen MR) is 95.1 cm³/mol. The van der Waals surface area contributed by atoms with Crippen LogP contribution in [0.2, 0.25) is 0 Å². The molecular weight excluding hydrogens is 354 g/mol. The van der Waals surface area contributed by atoms with Crippen LogP contribution in [-0.2, 0) is 14.6 Å². The Hall–Kier alpha value is -2.36. The van der Waals surface area contributed by atoms with E-state index in [0.29, 0.717) is 24.5 Å². The van der Waals surface area contributed by atoms with Gasteiger partial charge in [0.05, 0.1) is 12.1 Å². The number of rotatable bonds is 1. The molecule has 2 aliphatic rings. The number of nitrogens with one attached hydrogen (secondary N) is 2. The molecule has 0 saturated carbocycles. The number of amides is 1. The Kier molecular flexibility index (Phi) is 4.22. The smallest absolute Gasteiger partial charge is 0.254 e. The summed E-state index contributed by atoms with van der Waals surface area (Å²) in [7, 11) is -3.63. The number of carbonyl (C=O) groups excluding carboxylic acids is 1. The third kappa shape index (κ3) is 3.09. The molecule has 1 fully saturated rings. The van der Waals surface area contributed by atoms with Crippen molar-refractivity contribution in [1.82, 2.24) is 19.6 Å². The lowest BCUT2D eigenvalue weighted by Gasteiger charge is -2.42. The van der Waals surface area contributed by atoms with Crippen molar-refractivity contribution in [2.24, 2.45) is 0 Å². The summed E-state index contributed by atoms with van der Waals surface area (Å²) in [4.78, 5) is 22.8. The molecule has 9 heteroatoms. The maximum absolute atomic E-state index is 12.8. The van der Waals surface area contributed by atoms with Gasteiger partial charge in [-0.05, 0) is 31.0 Å². The molecule has 8 nitrogen and oxygen atoms in total. The first-order valence-corrected chi connectivity index (χ1v) is 9.90. The zero-order valence-electron chi connectivity index (χ0n) is 14.1. The van der Waals surface area contributed by atoms with E-state index in [-0.39, 0.29) is 17.3 Å². The van der Waals surface area contributed by atoms with Gasteiger partial charge in [0.25, 0.3) is 5.91 Å². The number of pyridine rings is 2. The Balaban J connectivity index is 1.63. The van der Waals surface area contributed by atoms with E-state index in [4.69, 9.17) is 0 Å². The highest BCUT2D eigenvalue weighted by Gasteiger charge is 2.43. The van der Waals surface area contributed by atoms with Crippen molar-refractivity contribution in [2.45, 2.75) is 23.3 Å². The van der Waals surface area contributed by atoms with Gasteiger partial charge in [-0.2, -0.15) is 0 Å². The molecule has 1 saturated heterocycles. The Morgan fingerprint density at radius 1 is 1.27 bits per heavy atom. The van der Waals surface area contributed by atoms with E-state index >= 15 is 0 Å². The fourth-order valence-corrected chi connectivity index (χ4v) is 4.77. The Morgan fingerprint density at radius 3 is 2.88 bits per heavy atom. The topological polar surface area (TPSA) is 110 Å². The number of hydrogen-bond acceptors (Lipinski definition) is 6. The van der Waals surface area contributed by atoms with E-state index in [1.807, 2.05) is 0 Å². The van der Waals surface area contributed by atoms with Gasteiger partial charge in [-0.3, -0.25) is 9.78 Å². The summed E-state index contributed by atoms with van der Waals surface area (Å²) in [5.74, 6) is 0.248. The van der Waals surface area contributed by atoms with Gasteiger partial charge in [-0.15, -0.1) is 4.72 Å². The zero-order chi connectivity index (χ0) is 18.2. The van der Waals surface area contributed by atoms with Crippen molar-refractivity contribution < 1.29 is 13.6 Å². The number of fused-ring (bicyclic) bond motifs is 1. The number of piperidine rings is 1. The Morgan fingerprint density at radius 2 is 2.08 bits per heavy atom. The first kappa shape index (κ1) is 17.1. The van der Waals surface area contributed by atoms with Crippen molar-refractivity contribution in [1.29, 1.82) is 0 Å². The summed E-state index contributed by atoms with van der Waals surface area (Å²) in [6.07, 6.45) is 6.25. The van der Waals surface area contributed by atoms with Crippen LogP contribution in [0.1, 0.15) is 23.2 Å². The molecule has 4 heterocycles. The third-order valence-corrected chi connectivity index (χ3v) is 6.27. The van der Waals surface area contributed by atoms with Crippen LogP contribution in [0.4, 0.5) is 5.82 Å². The molecule has 0 aromatic carbocycles. The van der Waals surface area contributed by atoms with Crippen molar-refractivity contribution in [3.63, 3.8) is 0 Å². The average molecular weight is 373 g/mol. The fraction of sp³-hybridized carbons (Fsp3) is 0.353. The van der Waals surface area contributed by atoms with Gasteiger partial charge in [0.2, 0.25) is 4.90 Å². The summed E-state index contributed by atoms with van der Waals surface area (Å²) in [5.41, 5.74) is -0.0158. The Bertz CT molecular complexity index is 878. The summed E-state index contributed by atoms with van der Waals surface area (Å²) >= 11 is 0. The molecule has 2 unspecified atom stereocenters. The van der Waals surface area contributed by atoms with Crippen molar-refractivity contribution in [3.8, 4) is 0 Å². The molecule has 0 radical (unpaired) electrons. The van der Waals surface area contributed by atoms with Crippen LogP contribution >= 0.6 is 0 Å². The van der Waals surface area contributed by atoms with Gasteiger partial charge in [0.15, 0.2) is 16.2 Å². The minimum atomic E-state index is -3.63. The first-order chi connectivity index (χ1) is 12.5. The van der Waals surface area contributed by atoms with Crippen LogP contribution < -0.4 is 10.0 Å². The SMILES string of the molecule is O=C(c1ccncc1)N1CCCC2(CN[S+](=O)([O-])c3cccnc3N2)C1. The highest BCUT2D eigenvalue weighted by Crippen LogP contribution is 2.33. The molecule has 136 valence electrons. The highest BCUT2D eigenvalue weighted by atomic mass is 32.3. The van der Waals surface area contributed by atoms with E-state index in [1.54, 1.807) is 41.7 Å². The number of aromatic nitrogens is 2. The van der Waals surface area contributed by atoms with Crippen molar-refractivity contribution in [3.05, 3.63) is 48.4 Å². The van der Waals surface area contributed by atoms with Crippen molar-refractivity contribution in [2.75, 3.05) is 25.0 Å². The maximum atomic E-state index is 12.8. The number of likely N-dealkylation sites (tertiary alicyclic amines) is 1. The Labute approximate surface area is 152 Å². The fourth-order valence-electron chi connectivity index (χ4n) is 3.54. The van der Waals surface area contributed by atoms with Gasteiger partial charge < -0.3 is 14.8 Å². The molecule has 1 amide bonds. The van der Waals surface area contributed by atoms with E-state index in [2.05, 4.69) is 20.0 Å². The van der Waals surface area contributed by atoms with Gasteiger partial charge in [-0.25, -0.2) is 4.98 Å². The van der Waals surface area contributed by atoms with Crippen LogP contribution in [0, 0.1) is 0 Å². The molecule has 0 aliphatic carbocycles. The van der Waals surface area contributed by atoms with E-state index in [9.17, 15) is 13.6 Å². The molecule has 26 heavy (non-hydrogen) atoms. The van der Waals surface area contributed by atoms with Gasteiger partial charge in [0, 0.05) is 43.3 Å². The number of sulfonamides is 1. The summed E-state index contributed by atoms with van der Waals surface area (Å²) in [6.45, 7) is 1.23. The van der Waals surface area contributed by atoms with E-state index < -0.39 is 15.9 Å². The van der Waals surface area contributed by atoms with Gasteiger partial charge >= 0.3 is 0 Å². The molecule has 4 rings (SSSR count).